The number of imide groups is 1. The van der Waals surface area contributed by atoms with E-state index in [4.69, 9.17) is 4.74 Å². The van der Waals surface area contributed by atoms with Crippen molar-refractivity contribution in [3.63, 3.8) is 0 Å². The molecule has 5 nitrogen and oxygen atoms in total. The Morgan fingerprint density at radius 3 is 2.39 bits per heavy atom. The minimum absolute atomic E-state index is 0.127. The van der Waals surface area contributed by atoms with Gasteiger partial charge >= 0.3 is 6.03 Å². The second kappa shape index (κ2) is 9.14. The number of rotatable bonds is 6. The van der Waals surface area contributed by atoms with E-state index in [-0.39, 0.29) is 17.8 Å². The van der Waals surface area contributed by atoms with Gasteiger partial charge in [0.1, 0.15) is 23.9 Å². The number of amides is 3. The third-order valence-corrected chi connectivity index (χ3v) is 5.29. The Balaban J connectivity index is 1.41. The van der Waals surface area contributed by atoms with Gasteiger partial charge in [0.2, 0.25) is 0 Å². The Morgan fingerprint density at radius 2 is 1.68 bits per heavy atom. The molecule has 1 saturated heterocycles. The van der Waals surface area contributed by atoms with Gasteiger partial charge in [0, 0.05) is 10.0 Å². The lowest BCUT2D eigenvalue weighted by molar-refractivity contribution is -0.123. The minimum Gasteiger partial charge on any atom is -0.489 e. The van der Waals surface area contributed by atoms with E-state index in [1.165, 1.54) is 6.07 Å². The summed E-state index contributed by atoms with van der Waals surface area (Å²) in [5.74, 6) is -0.267. The number of carbonyl (C=O) groups is 2. The molecule has 1 aliphatic heterocycles. The number of halogens is 2. The van der Waals surface area contributed by atoms with E-state index in [1.807, 2.05) is 24.3 Å². The molecule has 7 heteroatoms. The van der Waals surface area contributed by atoms with Crippen LogP contribution in [0.15, 0.2) is 83.0 Å². The maximum Gasteiger partial charge on any atom is 0.329 e. The molecular weight excluding hydrogens is 463 g/mol. The van der Waals surface area contributed by atoms with Crippen molar-refractivity contribution in [3.8, 4) is 5.75 Å². The van der Waals surface area contributed by atoms with Crippen LogP contribution in [-0.2, 0) is 17.9 Å². The molecule has 1 aliphatic rings. The SMILES string of the molecule is O=C1N/C(=C/c2ccc(OCc3ccc(Br)cc3)cc2)C(=O)N1Cc1ccccc1F. The van der Waals surface area contributed by atoms with Crippen LogP contribution in [0.25, 0.3) is 6.08 Å². The highest BCUT2D eigenvalue weighted by Gasteiger charge is 2.33. The first kappa shape index (κ1) is 20.8. The van der Waals surface area contributed by atoms with Crippen molar-refractivity contribution in [1.29, 1.82) is 0 Å². The van der Waals surface area contributed by atoms with Crippen molar-refractivity contribution in [2.75, 3.05) is 0 Å². The molecule has 3 amide bonds. The Hall–Kier alpha value is -3.45. The normalized spacial score (nSPS) is 14.8. The summed E-state index contributed by atoms with van der Waals surface area (Å²) in [6, 6.07) is 20.5. The van der Waals surface area contributed by atoms with Gasteiger partial charge in [0.15, 0.2) is 0 Å². The fourth-order valence-electron chi connectivity index (χ4n) is 3.09. The van der Waals surface area contributed by atoms with Crippen molar-refractivity contribution < 1.29 is 18.7 Å². The summed E-state index contributed by atoms with van der Waals surface area (Å²) >= 11 is 3.40. The molecule has 0 radical (unpaired) electrons. The lowest BCUT2D eigenvalue weighted by Crippen LogP contribution is -2.30. The van der Waals surface area contributed by atoms with Gasteiger partial charge in [-0.05, 0) is 47.5 Å². The van der Waals surface area contributed by atoms with E-state index >= 15 is 0 Å². The van der Waals surface area contributed by atoms with Crippen LogP contribution in [0, 0.1) is 5.82 Å². The maximum absolute atomic E-state index is 13.9. The van der Waals surface area contributed by atoms with Gasteiger partial charge in [-0.25, -0.2) is 9.18 Å². The fourth-order valence-corrected chi connectivity index (χ4v) is 3.35. The predicted octanol–water partition coefficient (Wildman–Crippen LogP) is 5.26. The Morgan fingerprint density at radius 1 is 0.968 bits per heavy atom. The van der Waals surface area contributed by atoms with Crippen LogP contribution in [0.1, 0.15) is 16.7 Å². The van der Waals surface area contributed by atoms with Gasteiger partial charge in [0.05, 0.1) is 6.54 Å². The molecule has 31 heavy (non-hydrogen) atoms. The molecular formula is C24H18BrFN2O3. The van der Waals surface area contributed by atoms with Crippen molar-refractivity contribution in [2.24, 2.45) is 0 Å². The van der Waals surface area contributed by atoms with E-state index < -0.39 is 17.8 Å². The molecule has 0 saturated carbocycles. The summed E-state index contributed by atoms with van der Waals surface area (Å²) in [6.45, 7) is 0.310. The predicted molar refractivity (Wildman–Crippen MR) is 118 cm³/mol. The van der Waals surface area contributed by atoms with E-state index in [1.54, 1.807) is 48.5 Å². The van der Waals surface area contributed by atoms with Crippen LogP contribution < -0.4 is 10.1 Å². The average Bonchev–Trinajstić information content (AvgIpc) is 3.03. The molecule has 1 heterocycles. The number of nitrogens with zero attached hydrogens (tertiary/aromatic N) is 1. The number of hydrogen-bond acceptors (Lipinski definition) is 3. The summed E-state index contributed by atoms with van der Waals surface area (Å²) in [6.07, 6.45) is 1.58. The number of nitrogens with one attached hydrogen (secondary N) is 1. The second-order valence-electron chi connectivity index (χ2n) is 6.96. The van der Waals surface area contributed by atoms with Crippen molar-refractivity contribution in [3.05, 3.63) is 105 Å². The quantitative estimate of drug-likeness (QED) is 0.386. The summed E-state index contributed by atoms with van der Waals surface area (Å²) in [5.41, 5.74) is 2.19. The van der Waals surface area contributed by atoms with Gasteiger partial charge in [-0.1, -0.05) is 58.4 Å². The molecule has 0 unspecified atom stereocenters. The molecule has 0 aliphatic carbocycles. The molecule has 4 rings (SSSR count). The number of urea groups is 1. The van der Waals surface area contributed by atoms with Crippen LogP contribution in [0.4, 0.5) is 9.18 Å². The van der Waals surface area contributed by atoms with Crippen LogP contribution >= 0.6 is 15.9 Å². The minimum atomic E-state index is -0.575. The average molecular weight is 481 g/mol. The molecule has 1 N–H and O–H groups in total. The Labute approximate surface area is 187 Å². The first-order valence-electron chi connectivity index (χ1n) is 9.55. The molecule has 1 fully saturated rings. The van der Waals surface area contributed by atoms with E-state index in [0.29, 0.717) is 12.4 Å². The first-order valence-corrected chi connectivity index (χ1v) is 10.3. The highest BCUT2D eigenvalue weighted by Crippen LogP contribution is 2.20. The van der Waals surface area contributed by atoms with E-state index in [0.717, 1.165) is 20.5 Å². The number of hydrogen-bond donors (Lipinski definition) is 1. The zero-order valence-electron chi connectivity index (χ0n) is 16.3. The molecule has 156 valence electrons. The maximum atomic E-state index is 13.9. The highest BCUT2D eigenvalue weighted by atomic mass is 79.9. The number of carbonyl (C=O) groups excluding carboxylic acids is 2. The van der Waals surface area contributed by atoms with Crippen LogP contribution in [-0.4, -0.2) is 16.8 Å². The molecule has 0 atom stereocenters. The first-order chi connectivity index (χ1) is 15.0. The summed E-state index contributed by atoms with van der Waals surface area (Å²) in [5, 5.41) is 2.55. The third kappa shape index (κ3) is 5.00. The van der Waals surface area contributed by atoms with Crippen molar-refractivity contribution >= 4 is 33.9 Å². The Kier molecular flexibility index (Phi) is 6.13. The molecule has 3 aromatic rings. The molecule has 3 aromatic carbocycles. The molecule has 0 bridgehead atoms. The standard InChI is InChI=1S/C24H18BrFN2O3/c25-19-9-5-17(6-10-19)15-31-20-11-7-16(8-12-20)13-22-23(29)28(24(30)27-22)14-18-3-1-2-4-21(18)26/h1-13H,14-15H2,(H,27,30)/b22-13+. The van der Waals surface area contributed by atoms with Crippen LogP contribution in [0.2, 0.25) is 0 Å². The molecule has 0 spiro atoms. The second-order valence-corrected chi connectivity index (χ2v) is 7.87. The highest BCUT2D eigenvalue weighted by molar-refractivity contribution is 9.10. The summed E-state index contributed by atoms with van der Waals surface area (Å²) < 4.78 is 20.7. The van der Waals surface area contributed by atoms with Gasteiger partial charge in [0.25, 0.3) is 5.91 Å². The van der Waals surface area contributed by atoms with Crippen LogP contribution in [0.5, 0.6) is 5.75 Å². The lowest BCUT2D eigenvalue weighted by atomic mass is 10.1. The van der Waals surface area contributed by atoms with Crippen LogP contribution in [0.3, 0.4) is 0 Å². The monoisotopic (exact) mass is 480 g/mol. The summed E-state index contributed by atoms with van der Waals surface area (Å²) in [4.78, 5) is 25.8. The van der Waals surface area contributed by atoms with Crippen molar-refractivity contribution in [1.82, 2.24) is 10.2 Å². The van der Waals surface area contributed by atoms with E-state index in [9.17, 15) is 14.0 Å². The van der Waals surface area contributed by atoms with Gasteiger partial charge in [-0.2, -0.15) is 0 Å². The third-order valence-electron chi connectivity index (χ3n) is 4.76. The van der Waals surface area contributed by atoms with E-state index in [2.05, 4.69) is 21.2 Å². The van der Waals surface area contributed by atoms with Crippen molar-refractivity contribution in [2.45, 2.75) is 13.2 Å². The van der Waals surface area contributed by atoms with Gasteiger partial charge in [-0.3, -0.25) is 9.69 Å². The fraction of sp³-hybridized carbons (Fsp3) is 0.0833. The largest absolute Gasteiger partial charge is 0.489 e. The lowest BCUT2D eigenvalue weighted by Gasteiger charge is -2.12. The van der Waals surface area contributed by atoms with Gasteiger partial charge in [-0.15, -0.1) is 0 Å². The number of benzene rings is 3. The Bertz CT molecular complexity index is 1140. The zero-order valence-corrected chi connectivity index (χ0v) is 17.9. The molecule has 0 aromatic heterocycles. The summed E-state index contributed by atoms with van der Waals surface area (Å²) in [7, 11) is 0. The topological polar surface area (TPSA) is 58.6 Å². The van der Waals surface area contributed by atoms with Gasteiger partial charge < -0.3 is 10.1 Å². The number of ether oxygens (including phenoxy) is 1. The smallest absolute Gasteiger partial charge is 0.329 e. The zero-order chi connectivity index (χ0) is 21.8.